The summed E-state index contributed by atoms with van der Waals surface area (Å²) in [6.07, 6.45) is 2.57. The van der Waals surface area contributed by atoms with E-state index in [1.165, 1.54) is 0 Å². The zero-order valence-corrected chi connectivity index (χ0v) is 9.84. The molecule has 0 aliphatic carbocycles. The van der Waals surface area contributed by atoms with Gasteiger partial charge in [0.25, 0.3) is 0 Å². The summed E-state index contributed by atoms with van der Waals surface area (Å²) in [6.45, 7) is 3.88. The van der Waals surface area contributed by atoms with Crippen LogP contribution in [0.3, 0.4) is 0 Å². The topological polar surface area (TPSA) is 62.7 Å². The molecule has 0 aromatic carbocycles. The van der Waals surface area contributed by atoms with Gasteiger partial charge in [0.15, 0.2) is 0 Å². The monoisotopic (exact) mass is 221 g/mol. The fourth-order valence-electron chi connectivity index (χ4n) is 0.983. The summed E-state index contributed by atoms with van der Waals surface area (Å²) in [4.78, 5) is 4.18. The number of aromatic nitrogens is 1. The molecular weight excluding hydrogens is 206 g/mol. The van der Waals surface area contributed by atoms with Crippen LogP contribution in [0.5, 0.6) is 0 Å². The Morgan fingerprint density at radius 3 is 2.93 bits per heavy atom. The van der Waals surface area contributed by atoms with Gasteiger partial charge < -0.3 is 5.73 Å². The van der Waals surface area contributed by atoms with E-state index in [0.29, 0.717) is 5.69 Å². The Morgan fingerprint density at radius 1 is 1.60 bits per heavy atom. The molecule has 15 heavy (non-hydrogen) atoms. The molecule has 1 aromatic rings. The number of nitrogen functional groups attached to an aromatic ring is 1. The van der Waals surface area contributed by atoms with E-state index in [1.54, 1.807) is 18.0 Å². The molecule has 0 amide bonds. The lowest BCUT2D eigenvalue weighted by atomic mass is 9.93. The van der Waals surface area contributed by atoms with Gasteiger partial charge >= 0.3 is 0 Å². The molecule has 80 valence electrons. The molecular formula is C11H15N3S. The van der Waals surface area contributed by atoms with Crippen LogP contribution in [0.1, 0.15) is 20.3 Å². The normalized spacial score (nSPS) is 11.0. The predicted molar refractivity (Wildman–Crippen MR) is 63.4 cm³/mol. The molecule has 0 atom stereocenters. The van der Waals surface area contributed by atoms with Crippen LogP contribution in [0.25, 0.3) is 0 Å². The molecule has 0 saturated heterocycles. The molecule has 1 heterocycles. The van der Waals surface area contributed by atoms with Gasteiger partial charge in [0.1, 0.15) is 5.03 Å². The Hall–Kier alpha value is -1.21. The number of nitriles is 1. The Bertz CT molecular complexity index is 368. The SMILES string of the molecule is CC(C)(C#N)CCSc1ncccc1N. The molecule has 1 aromatic heterocycles. The average molecular weight is 221 g/mol. The highest BCUT2D eigenvalue weighted by Crippen LogP contribution is 2.27. The van der Waals surface area contributed by atoms with Crippen LogP contribution < -0.4 is 5.73 Å². The van der Waals surface area contributed by atoms with Crippen LogP contribution in [0.2, 0.25) is 0 Å². The summed E-state index contributed by atoms with van der Waals surface area (Å²) in [7, 11) is 0. The highest BCUT2D eigenvalue weighted by Gasteiger charge is 2.16. The predicted octanol–water partition coefficient (Wildman–Crippen LogP) is 2.70. The number of nitrogens with two attached hydrogens (primary N) is 1. The minimum atomic E-state index is -0.267. The van der Waals surface area contributed by atoms with E-state index in [1.807, 2.05) is 26.0 Å². The zero-order valence-electron chi connectivity index (χ0n) is 9.03. The molecule has 1 rings (SSSR count). The van der Waals surface area contributed by atoms with Gasteiger partial charge in [-0.3, -0.25) is 0 Å². The van der Waals surface area contributed by atoms with Gasteiger partial charge in [-0.15, -0.1) is 11.8 Å². The fourth-order valence-corrected chi connectivity index (χ4v) is 2.16. The van der Waals surface area contributed by atoms with Gasteiger partial charge in [-0.25, -0.2) is 4.98 Å². The van der Waals surface area contributed by atoms with Gasteiger partial charge in [0.05, 0.1) is 17.2 Å². The first-order chi connectivity index (χ1) is 7.05. The van der Waals surface area contributed by atoms with E-state index >= 15 is 0 Å². The minimum Gasteiger partial charge on any atom is -0.397 e. The maximum Gasteiger partial charge on any atom is 0.119 e. The highest BCUT2D eigenvalue weighted by molar-refractivity contribution is 7.99. The molecule has 2 N–H and O–H groups in total. The molecule has 0 unspecified atom stereocenters. The number of anilines is 1. The van der Waals surface area contributed by atoms with Crippen molar-refractivity contribution in [2.45, 2.75) is 25.3 Å². The fraction of sp³-hybridized carbons (Fsp3) is 0.455. The van der Waals surface area contributed by atoms with Crippen molar-refractivity contribution in [1.29, 1.82) is 5.26 Å². The van der Waals surface area contributed by atoms with Crippen molar-refractivity contribution in [3.05, 3.63) is 18.3 Å². The van der Waals surface area contributed by atoms with Gasteiger partial charge in [-0.1, -0.05) is 0 Å². The van der Waals surface area contributed by atoms with Crippen LogP contribution in [0.15, 0.2) is 23.4 Å². The van der Waals surface area contributed by atoms with Gasteiger partial charge in [0.2, 0.25) is 0 Å². The zero-order chi connectivity index (χ0) is 11.3. The number of hydrogen-bond donors (Lipinski definition) is 1. The standard InChI is InChI=1S/C11H15N3S/c1-11(2,8-12)5-7-15-10-9(13)4-3-6-14-10/h3-4,6H,5,7,13H2,1-2H3. The smallest absolute Gasteiger partial charge is 0.119 e. The van der Waals surface area contributed by atoms with Gasteiger partial charge in [-0.05, 0) is 32.4 Å². The second kappa shape index (κ2) is 5.04. The van der Waals surface area contributed by atoms with E-state index in [0.717, 1.165) is 17.2 Å². The first kappa shape index (κ1) is 11.9. The Morgan fingerprint density at radius 2 is 2.33 bits per heavy atom. The van der Waals surface area contributed by atoms with Crippen LogP contribution in [0.4, 0.5) is 5.69 Å². The third-order valence-electron chi connectivity index (χ3n) is 2.07. The van der Waals surface area contributed by atoms with Crippen LogP contribution >= 0.6 is 11.8 Å². The molecule has 0 bridgehead atoms. The van der Waals surface area contributed by atoms with Crippen molar-refractivity contribution in [2.75, 3.05) is 11.5 Å². The van der Waals surface area contributed by atoms with E-state index in [9.17, 15) is 0 Å². The van der Waals surface area contributed by atoms with Gasteiger partial charge in [-0.2, -0.15) is 5.26 Å². The summed E-state index contributed by atoms with van der Waals surface area (Å²) in [5.74, 6) is 0.863. The third kappa shape index (κ3) is 3.80. The van der Waals surface area contributed by atoms with Crippen LogP contribution in [0, 0.1) is 16.7 Å². The first-order valence-corrected chi connectivity index (χ1v) is 5.78. The summed E-state index contributed by atoms with van der Waals surface area (Å²) in [5, 5.41) is 9.70. The maximum atomic E-state index is 8.85. The lowest BCUT2D eigenvalue weighted by Gasteiger charge is -2.14. The van der Waals surface area contributed by atoms with E-state index in [4.69, 9.17) is 11.0 Å². The third-order valence-corrected chi connectivity index (χ3v) is 3.09. The number of hydrogen-bond acceptors (Lipinski definition) is 4. The highest BCUT2D eigenvalue weighted by atomic mass is 32.2. The summed E-state index contributed by atoms with van der Waals surface area (Å²) < 4.78 is 0. The van der Waals surface area contributed by atoms with E-state index in [2.05, 4.69) is 11.1 Å². The number of nitrogens with zero attached hydrogens (tertiary/aromatic N) is 2. The first-order valence-electron chi connectivity index (χ1n) is 4.80. The second-order valence-electron chi connectivity index (χ2n) is 3.99. The largest absolute Gasteiger partial charge is 0.397 e. The average Bonchev–Trinajstić information content (AvgIpc) is 2.21. The van der Waals surface area contributed by atoms with Crippen molar-refractivity contribution in [2.24, 2.45) is 5.41 Å². The lowest BCUT2D eigenvalue weighted by molar-refractivity contribution is 0.482. The molecule has 3 nitrogen and oxygen atoms in total. The Kier molecular flexibility index (Phi) is 3.98. The van der Waals surface area contributed by atoms with Crippen molar-refractivity contribution in [3.8, 4) is 6.07 Å². The molecule has 4 heteroatoms. The van der Waals surface area contributed by atoms with Crippen molar-refractivity contribution >= 4 is 17.4 Å². The van der Waals surface area contributed by atoms with E-state index in [-0.39, 0.29) is 5.41 Å². The Labute approximate surface area is 94.7 Å². The van der Waals surface area contributed by atoms with Crippen LogP contribution in [-0.4, -0.2) is 10.7 Å². The molecule has 0 saturated carbocycles. The molecule has 0 radical (unpaired) electrons. The van der Waals surface area contributed by atoms with E-state index < -0.39 is 0 Å². The van der Waals surface area contributed by atoms with Crippen molar-refractivity contribution in [3.63, 3.8) is 0 Å². The molecule has 0 fully saturated rings. The summed E-state index contributed by atoms with van der Waals surface area (Å²) in [5.41, 5.74) is 6.19. The number of thioether (sulfide) groups is 1. The number of pyridine rings is 1. The molecule has 0 aliphatic heterocycles. The second-order valence-corrected chi connectivity index (χ2v) is 5.08. The van der Waals surface area contributed by atoms with Crippen molar-refractivity contribution in [1.82, 2.24) is 4.98 Å². The molecule has 0 aliphatic rings. The lowest BCUT2D eigenvalue weighted by Crippen LogP contribution is -2.08. The number of rotatable bonds is 4. The summed E-state index contributed by atoms with van der Waals surface area (Å²) in [6, 6.07) is 5.93. The minimum absolute atomic E-state index is 0.267. The quantitative estimate of drug-likeness (QED) is 0.794. The summed E-state index contributed by atoms with van der Waals surface area (Å²) >= 11 is 1.60. The Balaban J connectivity index is 2.46. The van der Waals surface area contributed by atoms with Crippen molar-refractivity contribution < 1.29 is 0 Å². The van der Waals surface area contributed by atoms with Crippen LogP contribution in [-0.2, 0) is 0 Å². The van der Waals surface area contributed by atoms with Gasteiger partial charge in [0, 0.05) is 11.9 Å². The maximum absolute atomic E-state index is 8.85. The molecule has 0 spiro atoms.